The minimum atomic E-state index is 0.286. The van der Waals surface area contributed by atoms with Gasteiger partial charge in [0.1, 0.15) is 17.5 Å². The molecular formula is C16H27N5O. The van der Waals surface area contributed by atoms with E-state index in [2.05, 4.69) is 34.0 Å². The van der Waals surface area contributed by atoms with E-state index in [4.69, 9.17) is 0 Å². The summed E-state index contributed by atoms with van der Waals surface area (Å²) in [7, 11) is 0. The molecule has 1 N–H and O–H groups in total. The lowest BCUT2D eigenvalue weighted by Gasteiger charge is -2.35. The van der Waals surface area contributed by atoms with Gasteiger partial charge in [0, 0.05) is 45.2 Å². The van der Waals surface area contributed by atoms with Crippen molar-refractivity contribution in [3.05, 3.63) is 11.9 Å². The van der Waals surface area contributed by atoms with Gasteiger partial charge in [0.25, 0.3) is 0 Å². The molecule has 0 aliphatic carbocycles. The number of hydrogen-bond acceptors (Lipinski definition) is 5. The van der Waals surface area contributed by atoms with Gasteiger partial charge in [-0.05, 0) is 20.3 Å². The zero-order chi connectivity index (χ0) is 15.9. The van der Waals surface area contributed by atoms with Crippen LogP contribution in [0.3, 0.4) is 0 Å². The zero-order valence-corrected chi connectivity index (χ0v) is 13.9. The first-order chi connectivity index (χ1) is 10.6. The third kappa shape index (κ3) is 4.32. The van der Waals surface area contributed by atoms with Crippen LogP contribution in [0.1, 0.15) is 38.9 Å². The maximum Gasteiger partial charge on any atom is 0.222 e. The molecule has 0 radical (unpaired) electrons. The van der Waals surface area contributed by atoms with Gasteiger partial charge in [-0.1, -0.05) is 13.3 Å². The Bertz CT molecular complexity index is 497. The molecule has 1 aliphatic heterocycles. The molecule has 6 heteroatoms. The number of aryl methyl sites for hydroxylation is 1. The van der Waals surface area contributed by atoms with E-state index in [0.717, 1.165) is 63.0 Å². The van der Waals surface area contributed by atoms with Crippen molar-refractivity contribution < 1.29 is 4.79 Å². The number of carbonyl (C=O) groups excluding carboxylic acids is 1. The Morgan fingerprint density at radius 1 is 1.23 bits per heavy atom. The largest absolute Gasteiger partial charge is 0.370 e. The Labute approximate surface area is 132 Å². The number of unbranched alkanes of at least 4 members (excludes halogenated alkanes) is 1. The van der Waals surface area contributed by atoms with Crippen LogP contribution in [-0.2, 0) is 4.79 Å². The standard InChI is InChI=1S/C16H27N5O/c1-4-6-7-16(22)21-10-8-20(9-11-21)15-12-14(17-5-2)18-13(3)19-15/h12H,4-11H2,1-3H3,(H,17,18,19). The molecule has 0 spiro atoms. The third-order valence-corrected chi connectivity index (χ3v) is 3.88. The highest BCUT2D eigenvalue weighted by atomic mass is 16.2. The van der Waals surface area contributed by atoms with Crippen molar-refractivity contribution in [3.8, 4) is 0 Å². The van der Waals surface area contributed by atoms with E-state index in [1.54, 1.807) is 0 Å². The zero-order valence-electron chi connectivity index (χ0n) is 13.9. The number of aromatic nitrogens is 2. The van der Waals surface area contributed by atoms with Crippen LogP contribution in [0.15, 0.2) is 6.07 Å². The highest BCUT2D eigenvalue weighted by Crippen LogP contribution is 2.18. The lowest BCUT2D eigenvalue weighted by molar-refractivity contribution is -0.131. The molecule has 0 bridgehead atoms. The van der Waals surface area contributed by atoms with Crippen LogP contribution in [0, 0.1) is 6.92 Å². The van der Waals surface area contributed by atoms with E-state index in [9.17, 15) is 4.79 Å². The van der Waals surface area contributed by atoms with Crippen LogP contribution in [0.5, 0.6) is 0 Å². The third-order valence-electron chi connectivity index (χ3n) is 3.88. The summed E-state index contributed by atoms with van der Waals surface area (Å²) in [4.78, 5) is 25.2. The number of amides is 1. The molecule has 1 saturated heterocycles. The maximum atomic E-state index is 12.1. The van der Waals surface area contributed by atoms with E-state index < -0.39 is 0 Å². The SMILES string of the molecule is CCCCC(=O)N1CCN(c2cc(NCC)nc(C)n2)CC1. The summed E-state index contributed by atoms with van der Waals surface area (Å²) in [5, 5.41) is 3.24. The van der Waals surface area contributed by atoms with Crippen molar-refractivity contribution in [1.29, 1.82) is 0 Å². The van der Waals surface area contributed by atoms with Crippen LogP contribution >= 0.6 is 0 Å². The van der Waals surface area contributed by atoms with Crippen LogP contribution < -0.4 is 10.2 Å². The van der Waals surface area contributed by atoms with Crippen molar-refractivity contribution in [1.82, 2.24) is 14.9 Å². The molecule has 0 unspecified atom stereocenters. The molecule has 22 heavy (non-hydrogen) atoms. The van der Waals surface area contributed by atoms with Gasteiger partial charge >= 0.3 is 0 Å². The smallest absolute Gasteiger partial charge is 0.222 e. The molecule has 2 heterocycles. The number of nitrogens with one attached hydrogen (secondary N) is 1. The number of hydrogen-bond donors (Lipinski definition) is 1. The van der Waals surface area contributed by atoms with Gasteiger partial charge in [0.15, 0.2) is 0 Å². The summed E-state index contributed by atoms with van der Waals surface area (Å²) in [6.07, 6.45) is 2.73. The Morgan fingerprint density at radius 3 is 2.59 bits per heavy atom. The van der Waals surface area contributed by atoms with E-state index in [1.165, 1.54) is 0 Å². The molecule has 1 aromatic heterocycles. The second-order valence-electron chi connectivity index (χ2n) is 5.66. The van der Waals surface area contributed by atoms with Crippen LogP contribution in [0.2, 0.25) is 0 Å². The average molecular weight is 305 g/mol. The Balaban J connectivity index is 1.95. The minimum absolute atomic E-state index is 0.286. The summed E-state index contributed by atoms with van der Waals surface area (Å²) in [5.41, 5.74) is 0. The quantitative estimate of drug-likeness (QED) is 0.871. The first-order valence-corrected chi connectivity index (χ1v) is 8.26. The second-order valence-corrected chi connectivity index (χ2v) is 5.66. The van der Waals surface area contributed by atoms with Gasteiger partial charge in [0.2, 0.25) is 5.91 Å². The highest BCUT2D eigenvalue weighted by molar-refractivity contribution is 5.76. The molecular weight excluding hydrogens is 278 g/mol. The number of anilines is 2. The Kier molecular flexibility index (Phi) is 5.98. The number of piperazine rings is 1. The average Bonchev–Trinajstić information content (AvgIpc) is 2.52. The van der Waals surface area contributed by atoms with E-state index in [1.807, 2.05) is 17.9 Å². The number of carbonyl (C=O) groups is 1. The maximum absolute atomic E-state index is 12.1. The molecule has 122 valence electrons. The van der Waals surface area contributed by atoms with Crippen LogP contribution in [-0.4, -0.2) is 53.5 Å². The molecule has 1 amide bonds. The molecule has 0 atom stereocenters. The van der Waals surface area contributed by atoms with Crippen LogP contribution in [0.25, 0.3) is 0 Å². The number of rotatable bonds is 6. The summed E-state index contributed by atoms with van der Waals surface area (Å²) >= 11 is 0. The number of nitrogens with zero attached hydrogens (tertiary/aromatic N) is 4. The first kappa shape index (κ1) is 16.5. The molecule has 0 saturated carbocycles. The predicted molar refractivity (Wildman–Crippen MR) is 89.3 cm³/mol. The summed E-state index contributed by atoms with van der Waals surface area (Å²) in [6.45, 7) is 10.1. The van der Waals surface area contributed by atoms with Gasteiger partial charge in [-0.25, -0.2) is 9.97 Å². The van der Waals surface area contributed by atoms with Crippen molar-refractivity contribution >= 4 is 17.5 Å². The van der Waals surface area contributed by atoms with Crippen LogP contribution in [0.4, 0.5) is 11.6 Å². The van der Waals surface area contributed by atoms with Crippen molar-refractivity contribution in [2.24, 2.45) is 0 Å². The summed E-state index contributed by atoms with van der Waals surface area (Å²) < 4.78 is 0. The lowest BCUT2D eigenvalue weighted by atomic mass is 10.2. The topological polar surface area (TPSA) is 61.4 Å². The van der Waals surface area contributed by atoms with Crippen molar-refractivity contribution in [2.75, 3.05) is 42.9 Å². The van der Waals surface area contributed by atoms with Gasteiger partial charge < -0.3 is 15.1 Å². The molecule has 1 aliphatic rings. The second kappa shape index (κ2) is 7.96. The fourth-order valence-corrected chi connectivity index (χ4v) is 2.66. The Hall–Kier alpha value is -1.85. The van der Waals surface area contributed by atoms with E-state index in [0.29, 0.717) is 6.42 Å². The fraction of sp³-hybridized carbons (Fsp3) is 0.688. The summed E-state index contributed by atoms with van der Waals surface area (Å²) in [5.74, 6) is 2.87. The van der Waals surface area contributed by atoms with Gasteiger partial charge in [-0.15, -0.1) is 0 Å². The van der Waals surface area contributed by atoms with Gasteiger partial charge in [0.05, 0.1) is 0 Å². The lowest BCUT2D eigenvalue weighted by Crippen LogP contribution is -2.49. The van der Waals surface area contributed by atoms with Crippen molar-refractivity contribution in [2.45, 2.75) is 40.0 Å². The predicted octanol–water partition coefficient (Wildman–Crippen LogP) is 2.06. The molecule has 1 aromatic rings. The van der Waals surface area contributed by atoms with E-state index in [-0.39, 0.29) is 5.91 Å². The highest BCUT2D eigenvalue weighted by Gasteiger charge is 2.21. The Morgan fingerprint density at radius 2 is 1.95 bits per heavy atom. The minimum Gasteiger partial charge on any atom is -0.370 e. The normalized spacial score (nSPS) is 15.0. The molecule has 0 aromatic carbocycles. The first-order valence-electron chi connectivity index (χ1n) is 8.26. The fourth-order valence-electron chi connectivity index (χ4n) is 2.66. The molecule has 2 rings (SSSR count). The van der Waals surface area contributed by atoms with Gasteiger partial charge in [-0.2, -0.15) is 0 Å². The monoisotopic (exact) mass is 305 g/mol. The van der Waals surface area contributed by atoms with Gasteiger partial charge in [-0.3, -0.25) is 4.79 Å². The van der Waals surface area contributed by atoms with E-state index >= 15 is 0 Å². The van der Waals surface area contributed by atoms with Crippen molar-refractivity contribution in [3.63, 3.8) is 0 Å². The molecule has 1 fully saturated rings. The summed E-state index contributed by atoms with van der Waals surface area (Å²) in [6, 6.07) is 1.99. The molecule has 6 nitrogen and oxygen atoms in total.